The van der Waals surface area contributed by atoms with Gasteiger partial charge in [0.05, 0.1) is 5.41 Å². The summed E-state index contributed by atoms with van der Waals surface area (Å²) in [6.07, 6.45) is 0. The highest BCUT2D eigenvalue weighted by Crippen LogP contribution is 2.63. The van der Waals surface area contributed by atoms with Crippen LogP contribution in [0.4, 0.5) is 0 Å². The minimum Gasteiger partial charge on any atom is -0.208 e. The predicted molar refractivity (Wildman–Crippen MR) is 249 cm³/mol. The number of fused-ring (bicyclic) bond motifs is 12. The summed E-state index contributed by atoms with van der Waals surface area (Å²) in [7, 11) is 0. The van der Waals surface area contributed by atoms with Gasteiger partial charge in [-0.2, -0.15) is 0 Å². The fraction of sp³-hybridized carbons (Fsp3) is 0.121. The van der Waals surface area contributed by atoms with Gasteiger partial charge in [-0.3, -0.25) is 0 Å². The second-order valence-electron chi connectivity index (χ2n) is 17.9. The van der Waals surface area contributed by atoms with Crippen LogP contribution in [0.25, 0.3) is 67.5 Å². The largest absolute Gasteiger partial charge is 0.208 e. The Hall–Kier alpha value is -7.23. The van der Waals surface area contributed by atoms with Gasteiger partial charge in [-0.15, -0.1) is 0 Å². The zero-order valence-corrected chi connectivity index (χ0v) is 34.7. The van der Waals surface area contributed by atoms with Gasteiger partial charge < -0.3 is 0 Å². The van der Waals surface area contributed by atoms with E-state index in [4.69, 9.17) is 15.0 Å². The minimum absolute atomic E-state index is 0.151. The second kappa shape index (κ2) is 12.9. The van der Waals surface area contributed by atoms with Crippen LogP contribution in [0, 0.1) is 0 Å². The number of aromatic nitrogens is 3. The lowest BCUT2D eigenvalue weighted by atomic mass is 9.54. The van der Waals surface area contributed by atoms with Crippen molar-refractivity contribution in [1.82, 2.24) is 15.0 Å². The van der Waals surface area contributed by atoms with Crippen molar-refractivity contribution in [2.24, 2.45) is 0 Å². The van der Waals surface area contributed by atoms with E-state index in [0.29, 0.717) is 17.5 Å². The molecule has 12 rings (SSSR count). The number of nitrogens with zero attached hydrogens (tertiary/aromatic N) is 3. The van der Waals surface area contributed by atoms with Gasteiger partial charge in [0.25, 0.3) is 0 Å². The third-order valence-corrected chi connectivity index (χ3v) is 14.0. The van der Waals surface area contributed by atoms with Gasteiger partial charge in [-0.1, -0.05) is 210 Å². The number of rotatable bonds is 4. The molecule has 3 aliphatic rings. The SMILES string of the molecule is CC1(C)c2ccccc2-c2ccc(-c3nc(-c4ccccc4)nc(-c4ccccc4-c4cccc5c4C(C)(C)c4ccccc4C54c5ccccc5-c5ccccc54)n3)cc21. The summed E-state index contributed by atoms with van der Waals surface area (Å²) in [4.78, 5) is 15.9. The minimum atomic E-state index is -0.485. The van der Waals surface area contributed by atoms with Crippen molar-refractivity contribution < 1.29 is 0 Å². The second-order valence-corrected chi connectivity index (χ2v) is 17.9. The van der Waals surface area contributed by atoms with E-state index in [1.807, 2.05) is 18.2 Å². The summed E-state index contributed by atoms with van der Waals surface area (Å²) >= 11 is 0. The fourth-order valence-corrected chi connectivity index (χ4v) is 11.3. The van der Waals surface area contributed by atoms with Crippen LogP contribution in [0.1, 0.15) is 72.2 Å². The Morgan fingerprint density at radius 2 is 0.738 bits per heavy atom. The van der Waals surface area contributed by atoms with Crippen LogP contribution in [0.3, 0.4) is 0 Å². The Kier molecular flexibility index (Phi) is 7.54. The summed E-state index contributed by atoms with van der Waals surface area (Å²) < 4.78 is 0. The number of hydrogen-bond acceptors (Lipinski definition) is 3. The first-order chi connectivity index (χ1) is 29.8. The molecule has 3 nitrogen and oxygen atoms in total. The lowest BCUT2D eigenvalue weighted by Gasteiger charge is -2.47. The molecule has 0 saturated carbocycles. The first-order valence-electron chi connectivity index (χ1n) is 21.4. The number of hydrogen-bond donors (Lipinski definition) is 0. The monoisotopic (exact) mass is 781 g/mol. The molecule has 1 heterocycles. The highest BCUT2D eigenvalue weighted by molar-refractivity contribution is 5.92. The molecule has 0 saturated heterocycles. The molecule has 1 spiro atoms. The fourth-order valence-electron chi connectivity index (χ4n) is 11.3. The van der Waals surface area contributed by atoms with E-state index in [-0.39, 0.29) is 10.8 Å². The van der Waals surface area contributed by atoms with Crippen LogP contribution in [0.5, 0.6) is 0 Å². The molecular weight excluding hydrogens is 739 g/mol. The molecule has 0 unspecified atom stereocenters. The van der Waals surface area contributed by atoms with E-state index in [1.54, 1.807) is 0 Å². The predicted octanol–water partition coefficient (Wildman–Crippen LogP) is 13.8. The van der Waals surface area contributed by atoms with Crippen molar-refractivity contribution in [3.63, 3.8) is 0 Å². The van der Waals surface area contributed by atoms with Gasteiger partial charge in [-0.25, -0.2) is 15.0 Å². The van der Waals surface area contributed by atoms with Crippen LogP contribution in [0.15, 0.2) is 188 Å². The smallest absolute Gasteiger partial charge is 0.164 e. The molecule has 0 fully saturated rings. The molecule has 3 aliphatic carbocycles. The molecule has 0 aliphatic heterocycles. The molecule has 0 N–H and O–H groups in total. The van der Waals surface area contributed by atoms with Gasteiger partial charge >= 0.3 is 0 Å². The van der Waals surface area contributed by atoms with Crippen molar-refractivity contribution in [2.75, 3.05) is 0 Å². The summed E-state index contributed by atoms with van der Waals surface area (Å²) in [6, 6.07) is 68.7. The normalized spacial score (nSPS) is 15.3. The van der Waals surface area contributed by atoms with Crippen molar-refractivity contribution in [2.45, 2.75) is 43.9 Å². The highest BCUT2D eigenvalue weighted by atomic mass is 15.0. The maximum atomic E-state index is 5.40. The Bertz CT molecular complexity index is 3220. The van der Waals surface area contributed by atoms with Crippen molar-refractivity contribution in [3.8, 4) is 67.5 Å². The topological polar surface area (TPSA) is 38.7 Å². The van der Waals surface area contributed by atoms with Crippen molar-refractivity contribution >= 4 is 0 Å². The molecule has 0 atom stereocenters. The molecule has 1 aromatic heterocycles. The quantitative estimate of drug-likeness (QED) is 0.178. The van der Waals surface area contributed by atoms with E-state index in [9.17, 15) is 0 Å². The van der Waals surface area contributed by atoms with Gasteiger partial charge in [0, 0.05) is 27.5 Å². The Balaban J connectivity index is 1.10. The van der Waals surface area contributed by atoms with E-state index in [1.165, 1.54) is 72.3 Å². The number of benzene rings is 8. The van der Waals surface area contributed by atoms with Crippen LogP contribution in [-0.2, 0) is 16.2 Å². The zero-order valence-electron chi connectivity index (χ0n) is 34.7. The molecule has 290 valence electrons. The molecule has 9 aromatic rings. The van der Waals surface area contributed by atoms with Crippen molar-refractivity contribution in [1.29, 1.82) is 0 Å². The first-order valence-corrected chi connectivity index (χ1v) is 21.4. The van der Waals surface area contributed by atoms with Gasteiger partial charge in [0.15, 0.2) is 17.5 Å². The summed E-state index contributed by atoms with van der Waals surface area (Å²) in [5, 5.41) is 0. The maximum absolute atomic E-state index is 5.40. The van der Waals surface area contributed by atoms with Crippen LogP contribution in [0.2, 0.25) is 0 Å². The molecular formula is C58H43N3. The maximum Gasteiger partial charge on any atom is 0.164 e. The molecule has 0 radical (unpaired) electrons. The van der Waals surface area contributed by atoms with Crippen LogP contribution in [-0.4, -0.2) is 15.0 Å². The third-order valence-electron chi connectivity index (χ3n) is 14.0. The molecule has 3 heteroatoms. The first kappa shape index (κ1) is 35.7. The summed E-state index contributed by atoms with van der Waals surface area (Å²) in [6.45, 7) is 9.44. The van der Waals surface area contributed by atoms with E-state index < -0.39 is 5.41 Å². The van der Waals surface area contributed by atoms with Crippen molar-refractivity contribution in [3.05, 3.63) is 233 Å². The summed E-state index contributed by atoms with van der Waals surface area (Å²) in [5.74, 6) is 1.97. The Morgan fingerprint density at radius 3 is 1.41 bits per heavy atom. The molecule has 0 bridgehead atoms. The molecule has 0 amide bonds. The van der Waals surface area contributed by atoms with E-state index in [0.717, 1.165) is 22.3 Å². The lowest BCUT2D eigenvalue weighted by Crippen LogP contribution is -2.41. The highest BCUT2D eigenvalue weighted by Gasteiger charge is 2.54. The average molecular weight is 782 g/mol. The van der Waals surface area contributed by atoms with Gasteiger partial charge in [-0.05, 0) is 84.0 Å². The Morgan fingerprint density at radius 1 is 0.279 bits per heavy atom. The summed E-state index contributed by atoms with van der Waals surface area (Å²) in [5.41, 5.74) is 20.0. The lowest BCUT2D eigenvalue weighted by molar-refractivity contribution is 0.565. The van der Waals surface area contributed by atoms with Crippen LogP contribution < -0.4 is 0 Å². The zero-order chi connectivity index (χ0) is 41.1. The van der Waals surface area contributed by atoms with E-state index in [2.05, 4.69) is 198 Å². The molecule has 8 aromatic carbocycles. The van der Waals surface area contributed by atoms with E-state index >= 15 is 0 Å². The van der Waals surface area contributed by atoms with Crippen LogP contribution >= 0.6 is 0 Å². The van der Waals surface area contributed by atoms with Gasteiger partial charge in [0.2, 0.25) is 0 Å². The molecule has 61 heavy (non-hydrogen) atoms. The average Bonchev–Trinajstić information content (AvgIpc) is 3.74. The van der Waals surface area contributed by atoms with Gasteiger partial charge in [0.1, 0.15) is 0 Å². The Labute approximate surface area is 357 Å². The standard InChI is InChI=1S/C58H43N3/c1-56(2)45-27-13-10-22-39(45)42-34-33-37(35-51(42)56)54-59-53(36-19-6-5-7-20-36)60-55(61-54)44-25-9-8-21-38(44)43-26-18-32-50-52(43)57(3,4)48-30-16-17-31-49(48)58(50)46-28-14-11-23-40(46)41-24-12-15-29-47(41)58/h5-35H,1-4H3. The third kappa shape index (κ3) is 4.89.